The number of sulfone groups is 1. The van der Waals surface area contributed by atoms with E-state index in [-0.39, 0.29) is 9.24 Å². The van der Waals surface area contributed by atoms with Gasteiger partial charge in [0.25, 0.3) is 0 Å². The van der Waals surface area contributed by atoms with Crippen molar-refractivity contribution >= 4 is 42.2 Å². The lowest BCUT2D eigenvalue weighted by Gasteiger charge is -2.03. The molecule has 0 radical (unpaired) electrons. The average Bonchev–Trinajstić information content (AvgIpc) is 2.99. The highest BCUT2D eigenvalue weighted by Crippen LogP contribution is 2.30. The fourth-order valence-corrected chi connectivity index (χ4v) is 5.04. The fourth-order valence-electron chi connectivity index (χ4n) is 2.40. The summed E-state index contributed by atoms with van der Waals surface area (Å²) in [5, 5.41) is 1.93. The van der Waals surface area contributed by atoms with Crippen molar-refractivity contribution in [2.45, 2.75) is 9.24 Å². The molecule has 0 bridgehead atoms. The second-order valence-electron chi connectivity index (χ2n) is 4.96. The third kappa shape index (κ3) is 2.10. The third-order valence-electron chi connectivity index (χ3n) is 3.54. The Morgan fingerprint density at radius 1 is 0.818 bits per heavy atom. The minimum atomic E-state index is -3.58. The molecule has 22 heavy (non-hydrogen) atoms. The number of nitrogens with zero attached hydrogens (tertiary/aromatic N) is 1. The Labute approximate surface area is 131 Å². The molecule has 0 saturated heterocycles. The van der Waals surface area contributed by atoms with Gasteiger partial charge in [-0.3, -0.25) is 0 Å². The standard InChI is InChI=1S/C17H11NO2S2/c19-22(20,17-18-15-7-3-4-8-16(15)21-17)14-10-9-12-5-1-2-6-13(12)11-14/h1-11H. The zero-order valence-corrected chi connectivity index (χ0v) is 13.1. The molecular formula is C17H11NO2S2. The van der Waals surface area contributed by atoms with Crippen LogP contribution in [0.15, 0.2) is 76.0 Å². The van der Waals surface area contributed by atoms with Crippen molar-refractivity contribution in [3.05, 3.63) is 66.7 Å². The summed E-state index contributed by atoms with van der Waals surface area (Å²) in [6, 6.07) is 20.3. The van der Waals surface area contributed by atoms with Gasteiger partial charge in [-0.25, -0.2) is 13.4 Å². The molecule has 1 heterocycles. The first-order valence-corrected chi connectivity index (χ1v) is 9.04. The Balaban J connectivity index is 1.91. The first-order valence-electron chi connectivity index (χ1n) is 6.74. The van der Waals surface area contributed by atoms with Crippen molar-refractivity contribution in [1.29, 1.82) is 0 Å². The summed E-state index contributed by atoms with van der Waals surface area (Å²) in [5.41, 5.74) is 0.715. The van der Waals surface area contributed by atoms with Crippen LogP contribution in [0.1, 0.15) is 0 Å². The highest BCUT2D eigenvalue weighted by atomic mass is 32.2. The Kier molecular flexibility index (Phi) is 2.99. The summed E-state index contributed by atoms with van der Waals surface area (Å²) < 4.78 is 26.6. The van der Waals surface area contributed by atoms with Crippen LogP contribution >= 0.6 is 11.3 Å². The Bertz CT molecular complexity index is 1060. The predicted molar refractivity (Wildman–Crippen MR) is 89.0 cm³/mol. The maximum atomic E-state index is 12.8. The number of thiazole rings is 1. The summed E-state index contributed by atoms with van der Waals surface area (Å²) in [5.74, 6) is 0. The van der Waals surface area contributed by atoms with E-state index >= 15 is 0 Å². The first kappa shape index (κ1) is 13.4. The molecule has 0 aliphatic heterocycles. The molecule has 3 aromatic carbocycles. The molecule has 0 fully saturated rings. The van der Waals surface area contributed by atoms with Crippen molar-refractivity contribution in [3.63, 3.8) is 0 Å². The second kappa shape index (κ2) is 4.90. The summed E-state index contributed by atoms with van der Waals surface area (Å²) >= 11 is 1.21. The number of para-hydroxylation sites is 1. The molecule has 0 N–H and O–H groups in total. The highest BCUT2D eigenvalue weighted by Gasteiger charge is 2.22. The third-order valence-corrected chi connectivity index (χ3v) is 6.70. The van der Waals surface area contributed by atoms with Gasteiger partial charge < -0.3 is 0 Å². The monoisotopic (exact) mass is 325 g/mol. The van der Waals surface area contributed by atoms with Crippen LogP contribution in [0.4, 0.5) is 0 Å². The van der Waals surface area contributed by atoms with Crippen molar-refractivity contribution in [2.24, 2.45) is 0 Å². The normalized spacial score (nSPS) is 12.0. The number of fused-ring (bicyclic) bond motifs is 2. The molecule has 5 heteroatoms. The summed E-state index contributed by atoms with van der Waals surface area (Å²) in [6.45, 7) is 0. The minimum absolute atomic E-state index is 0.143. The van der Waals surface area contributed by atoms with E-state index in [0.29, 0.717) is 5.52 Å². The van der Waals surface area contributed by atoms with E-state index in [1.807, 2.05) is 54.6 Å². The molecular weight excluding hydrogens is 314 g/mol. The van der Waals surface area contributed by atoms with Crippen LogP contribution in [0.2, 0.25) is 0 Å². The van der Waals surface area contributed by atoms with Gasteiger partial charge in [0, 0.05) is 0 Å². The van der Waals surface area contributed by atoms with Gasteiger partial charge in [-0.05, 0) is 35.0 Å². The molecule has 0 amide bonds. The maximum Gasteiger partial charge on any atom is 0.233 e. The molecule has 108 valence electrons. The summed E-state index contributed by atoms with van der Waals surface area (Å²) in [7, 11) is -3.58. The van der Waals surface area contributed by atoms with Crippen molar-refractivity contribution in [2.75, 3.05) is 0 Å². The van der Waals surface area contributed by atoms with Gasteiger partial charge in [-0.1, -0.05) is 42.5 Å². The van der Waals surface area contributed by atoms with Crippen LogP contribution in [-0.2, 0) is 9.84 Å². The molecule has 4 rings (SSSR count). The predicted octanol–water partition coefficient (Wildman–Crippen LogP) is 4.28. The van der Waals surface area contributed by atoms with Gasteiger partial charge in [0.1, 0.15) is 0 Å². The topological polar surface area (TPSA) is 47.0 Å². The van der Waals surface area contributed by atoms with Crippen molar-refractivity contribution in [1.82, 2.24) is 4.98 Å². The van der Waals surface area contributed by atoms with Gasteiger partial charge in [0.05, 0.1) is 15.1 Å². The molecule has 0 spiro atoms. The van der Waals surface area contributed by atoms with Crippen LogP contribution < -0.4 is 0 Å². The van der Waals surface area contributed by atoms with Gasteiger partial charge in [0.2, 0.25) is 14.2 Å². The Hall–Kier alpha value is -2.24. The van der Waals surface area contributed by atoms with Crippen molar-refractivity contribution < 1.29 is 8.42 Å². The van der Waals surface area contributed by atoms with Crippen molar-refractivity contribution in [3.8, 4) is 0 Å². The lowest BCUT2D eigenvalue weighted by Crippen LogP contribution is -2.01. The molecule has 1 aromatic heterocycles. The van der Waals surface area contributed by atoms with E-state index in [2.05, 4.69) is 4.98 Å². The van der Waals surface area contributed by atoms with E-state index in [9.17, 15) is 8.42 Å². The SMILES string of the molecule is O=S(=O)(c1ccc2ccccc2c1)c1nc2ccccc2s1. The molecule has 0 atom stereocenters. The van der Waals surface area contributed by atoms with Crippen LogP contribution in [-0.4, -0.2) is 13.4 Å². The Morgan fingerprint density at radius 2 is 1.55 bits per heavy atom. The molecule has 0 unspecified atom stereocenters. The number of aromatic nitrogens is 1. The number of rotatable bonds is 2. The van der Waals surface area contributed by atoms with E-state index < -0.39 is 9.84 Å². The van der Waals surface area contributed by atoms with E-state index in [1.54, 1.807) is 12.1 Å². The smallest absolute Gasteiger partial charge is 0.225 e. The highest BCUT2D eigenvalue weighted by molar-refractivity contribution is 7.93. The number of hydrogen-bond acceptors (Lipinski definition) is 4. The quantitative estimate of drug-likeness (QED) is 0.552. The second-order valence-corrected chi connectivity index (χ2v) is 8.11. The summed E-state index contributed by atoms with van der Waals surface area (Å²) in [6.07, 6.45) is 0. The maximum absolute atomic E-state index is 12.8. The average molecular weight is 325 g/mol. The molecule has 0 saturated carbocycles. The molecule has 4 aromatic rings. The zero-order chi connectivity index (χ0) is 15.2. The lowest BCUT2D eigenvalue weighted by atomic mass is 10.1. The minimum Gasteiger partial charge on any atom is -0.225 e. The fraction of sp³-hybridized carbons (Fsp3) is 0. The van der Waals surface area contributed by atoms with Crippen LogP contribution in [0.25, 0.3) is 21.0 Å². The van der Waals surface area contributed by atoms with Crippen LogP contribution in [0.5, 0.6) is 0 Å². The molecule has 0 aliphatic carbocycles. The van der Waals surface area contributed by atoms with Gasteiger partial charge in [-0.15, -0.1) is 11.3 Å². The molecule has 0 aliphatic rings. The van der Waals surface area contributed by atoms with Crippen LogP contribution in [0, 0.1) is 0 Å². The first-order chi connectivity index (χ1) is 10.6. The van der Waals surface area contributed by atoms with Gasteiger partial charge >= 0.3 is 0 Å². The number of benzene rings is 3. The Morgan fingerprint density at radius 3 is 2.36 bits per heavy atom. The largest absolute Gasteiger partial charge is 0.233 e. The van der Waals surface area contributed by atoms with Gasteiger partial charge in [0.15, 0.2) is 0 Å². The lowest BCUT2D eigenvalue weighted by molar-refractivity contribution is 0.595. The van der Waals surface area contributed by atoms with E-state index in [0.717, 1.165) is 15.5 Å². The van der Waals surface area contributed by atoms with Crippen LogP contribution in [0.3, 0.4) is 0 Å². The molecule has 3 nitrogen and oxygen atoms in total. The van der Waals surface area contributed by atoms with Gasteiger partial charge in [-0.2, -0.15) is 0 Å². The van der Waals surface area contributed by atoms with E-state index in [4.69, 9.17) is 0 Å². The number of hydrogen-bond donors (Lipinski definition) is 0. The van der Waals surface area contributed by atoms with E-state index in [1.165, 1.54) is 11.3 Å². The zero-order valence-electron chi connectivity index (χ0n) is 11.4. The summed E-state index contributed by atoms with van der Waals surface area (Å²) in [4.78, 5) is 4.55.